The summed E-state index contributed by atoms with van der Waals surface area (Å²) in [5.74, 6) is 1.89. The quantitative estimate of drug-likeness (QED) is 0.171. The number of rotatable bonds is 6. The smallest absolute Gasteiger partial charge is 0.164 e. The van der Waals surface area contributed by atoms with Crippen LogP contribution in [0.4, 0.5) is 0 Å². The molecule has 266 valence electrons. The Morgan fingerprint density at radius 1 is 0.298 bits per heavy atom. The largest absolute Gasteiger partial charge is 0.309 e. The van der Waals surface area contributed by atoms with Crippen molar-refractivity contribution >= 4 is 43.4 Å². The van der Waals surface area contributed by atoms with Crippen molar-refractivity contribution in [2.45, 2.75) is 0 Å². The van der Waals surface area contributed by atoms with Crippen molar-refractivity contribution in [3.63, 3.8) is 0 Å². The highest BCUT2D eigenvalue weighted by atomic mass is 15.0. The maximum atomic E-state index is 5.20. The minimum atomic E-state index is 0.625. The first-order chi connectivity index (χ1) is 28.2. The summed E-state index contributed by atoms with van der Waals surface area (Å²) in [6, 6.07) is 72.9. The molecule has 0 radical (unpaired) electrons. The average molecular weight is 727 g/mol. The van der Waals surface area contributed by atoms with E-state index in [1.165, 1.54) is 43.4 Å². The number of hydrogen-bond acceptors (Lipinski definition) is 3. The van der Waals surface area contributed by atoms with Crippen molar-refractivity contribution in [1.82, 2.24) is 19.5 Å². The maximum absolute atomic E-state index is 5.20. The highest BCUT2D eigenvalue weighted by Crippen LogP contribution is 2.40. The van der Waals surface area contributed by atoms with E-state index in [0.29, 0.717) is 17.5 Å². The third kappa shape index (κ3) is 5.74. The van der Waals surface area contributed by atoms with Gasteiger partial charge in [0.05, 0.1) is 11.0 Å². The Morgan fingerprint density at radius 2 is 0.877 bits per heavy atom. The van der Waals surface area contributed by atoms with Crippen molar-refractivity contribution in [2.24, 2.45) is 0 Å². The molecule has 2 aromatic heterocycles. The summed E-state index contributed by atoms with van der Waals surface area (Å²) in [5, 5.41) is 7.45. The van der Waals surface area contributed by atoms with Crippen LogP contribution in [-0.4, -0.2) is 19.5 Å². The number of nitrogens with zero attached hydrogens (tertiary/aromatic N) is 4. The lowest BCUT2D eigenvalue weighted by Crippen LogP contribution is -2.01. The number of hydrogen-bond donors (Lipinski definition) is 0. The van der Waals surface area contributed by atoms with E-state index in [1.54, 1.807) is 0 Å². The Labute approximate surface area is 330 Å². The lowest BCUT2D eigenvalue weighted by atomic mass is 9.98. The van der Waals surface area contributed by atoms with Crippen LogP contribution in [0.5, 0.6) is 0 Å². The molecule has 0 spiro atoms. The van der Waals surface area contributed by atoms with E-state index in [9.17, 15) is 0 Å². The molecule has 0 bridgehead atoms. The molecule has 0 aliphatic carbocycles. The summed E-state index contributed by atoms with van der Waals surface area (Å²) in [6.07, 6.45) is 0. The number of aromatic nitrogens is 4. The first kappa shape index (κ1) is 32.7. The molecule has 0 aliphatic heterocycles. The van der Waals surface area contributed by atoms with Crippen LogP contribution in [-0.2, 0) is 0 Å². The minimum absolute atomic E-state index is 0.625. The summed E-state index contributed by atoms with van der Waals surface area (Å²) in [5.41, 5.74) is 10.6. The van der Waals surface area contributed by atoms with Gasteiger partial charge in [-0.3, -0.25) is 0 Å². The molecule has 11 aromatic rings. The van der Waals surface area contributed by atoms with Crippen molar-refractivity contribution < 1.29 is 0 Å². The molecular weight excluding hydrogens is 693 g/mol. The Kier molecular flexibility index (Phi) is 7.78. The van der Waals surface area contributed by atoms with Crippen molar-refractivity contribution in [3.8, 4) is 62.1 Å². The normalized spacial score (nSPS) is 11.5. The van der Waals surface area contributed by atoms with E-state index in [-0.39, 0.29) is 0 Å². The van der Waals surface area contributed by atoms with Gasteiger partial charge in [-0.2, -0.15) is 0 Å². The molecule has 0 fully saturated rings. The lowest BCUT2D eigenvalue weighted by molar-refractivity contribution is 1.07. The summed E-state index contributed by atoms with van der Waals surface area (Å²) in [6.45, 7) is 0. The van der Waals surface area contributed by atoms with Gasteiger partial charge in [0.1, 0.15) is 0 Å². The summed E-state index contributed by atoms with van der Waals surface area (Å²) >= 11 is 0. The van der Waals surface area contributed by atoms with Crippen molar-refractivity contribution in [1.29, 1.82) is 0 Å². The molecule has 0 N–H and O–H groups in total. The first-order valence-electron chi connectivity index (χ1n) is 19.3. The molecule has 0 saturated heterocycles. The van der Waals surface area contributed by atoms with Crippen LogP contribution < -0.4 is 0 Å². The molecule has 2 heterocycles. The van der Waals surface area contributed by atoms with Gasteiger partial charge in [-0.1, -0.05) is 170 Å². The fourth-order valence-corrected chi connectivity index (χ4v) is 8.30. The van der Waals surface area contributed by atoms with Crippen LogP contribution in [0.2, 0.25) is 0 Å². The lowest BCUT2D eigenvalue weighted by Gasteiger charge is -2.14. The molecule has 57 heavy (non-hydrogen) atoms. The van der Waals surface area contributed by atoms with Crippen LogP contribution in [0.25, 0.3) is 105 Å². The zero-order valence-corrected chi connectivity index (χ0v) is 30.9. The van der Waals surface area contributed by atoms with Crippen LogP contribution in [0, 0.1) is 0 Å². The van der Waals surface area contributed by atoms with E-state index in [0.717, 1.165) is 44.6 Å². The van der Waals surface area contributed by atoms with Gasteiger partial charge in [-0.05, 0) is 80.2 Å². The number of benzene rings is 9. The summed E-state index contributed by atoms with van der Waals surface area (Å²) < 4.78 is 2.42. The minimum Gasteiger partial charge on any atom is -0.309 e. The standard InChI is InChI=1S/C53H34N4/c1-3-15-35(16-4-1)38-22-13-24-42(31-38)52-54-51(37-18-5-2-6-19-37)55-53(56-52)46-28-12-11-26-44(46)41-23-14-25-43(32-41)57-48-30-29-36-17-9-10-27-45(36)50(48)47-33-39-20-7-8-21-40(39)34-49(47)57/h1-34H. The van der Waals surface area contributed by atoms with E-state index < -0.39 is 0 Å². The Hall–Kier alpha value is -7.69. The van der Waals surface area contributed by atoms with Gasteiger partial charge in [-0.15, -0.1) is 0 Å². The van der Waals surface area contributed by atoms with E-state index in [1.807, 2.05) is 24.3 Å². The zero-order valence-electron chi connectivity index (χ0n) is 30.9. The average Bonchev–Trinajstić information content (AvgIpc) is 3.62. The third-order valence-corrected chi connectivity index (χ3v) is 11.0. The highest BCUT2D eigenvalue weighted by molar-refractivity contribution is 6.23. The Morgan fingerprint density at radius 3 is 1.68 bits per heavy atom. The SMILES string of the molecule is c1ccc(-c2cccc(-c3nc(-c4ccccc4)nc(-c4ccccc4-c4cccc(-n5c6cc7ccccc7cc6c6c7ccccc7ccc65)c4)n3)c2)cc1. The fourth-order valence-electron chi connectivity index (χ4n) is 8.30. The van der Waals surface area contributed by atoms with E-state index in [4.69, 9.17) is 15.0 Å². The fraction of sp³-hybridized carbons (Fsp3) is 0. The maximum Gasteiger partial charge on any atom is 0.164 e. The predicted octanol–water partition coefficient (Wildman–Crippen LogP) is 13.6. The molecule has 0 unspecified atom stereocenters. The molecule has 0 aliphatic rings. The summed E-state index contributed by atoms with van der Waals surface area (Å²) in [7, 11) is 0. The molecule has 0 atom stereocenters. The monoisotopic (exact) mass is 726 g/mol. The van der Waals surface area contributed by atoms with Crippen LogP contribution >= 0.6 is 0 Å². The highest BCUT2D eigenvalue weighted by Gasteiger charge is 2.19. The second-order valence-corrected chi connectivity index (χ2v) is 14.4. The second kappa shape index (κ2) is 13.6. The van der Waals surface area contributed by atoms with Gasteiger partial charge in [0.15, 0.2) is 17.5 Å². The van der Waals surface area contributed by atoms with Crippen LogP contribution in [0.1, 0.15) is 0 Å². The molecule has 9 aromatic carbocycles. The Bertz CT molecular complexity index is 3290. The third-order valence-electron chi connectivity index (χ3n) is 11.0. The molecular formula is C53H34N4. The first-order valence-corrected chi connectivity index (χ1v) is 19.3. The van der Waals surface area contributed by atoms with Gasteiger partial charge in [0.2, 0.25) is 0 Å². The van der Waals surface area contributed by atoms with Gasteiger partial charge in [-0.25, -0.2) is 15.0 Å². The van der Waals surface area contributed by atoms with Gasteiger partial charge >= 0.3 is 0 Å². The van der Waals surface area contributed by atoms with E-state index >= 15 is 0 Å². The molecule has 0 saturated carbocycles. The van der Waals surface area contributed by atoms with Crippen molar-refractivity contribution in [3.05, 3.63) is 206 Å². The van der Waals surface area contributed by atoms with E-state index in [2.05, 4.69) is 187 Å². The molecule has 0 amide bonds. The van der Waals surface area contributed by atoms with Crippen LogP contribution in [0.15, 0.2) is 206 Å². The summed E-state index contributed by atoms with van der Waals surface area (Å²) in [4.78, 5) is 15.4. The van der Waals surface area contributed by atoms with Crippen molar-refractivity contribution in [2.75, 3.05) is 0 Å². The number of fused-ring (bicyclic) bond motifs is 6. The van der Waals surface area contributed by atoms with Gasteiger partial charge < -0.3 is 4.57 Å². The van der Waals surface area contributed by atoms with Gasteiger partial charge in [0.25, 0.3) is 0 Å². The second-order valence-electron chi connectivity index (χ2n) is 14.4. The van der Waals surface area contributed by atoms with Gasteiger partial charge in [0, 0.05) is 33.2 Å². The molecule has 4 heteroatoms. The van der Waals surface area contributed by atoms with Crippen LogP contribution in [0.3, 0.4) is 0 Å². The topological polar surface area (TPSA) is 43.6 Å². The zero-order chi connectivity index (χ0) is 37.7. The molecule has 11 rings (SSSR count). The molecule has 4 nitrogen and oxygen atoms in total. The predicted molar refractivity (Wildman–Crippen MR) is 236 cm³/mol. The Balaban J connectivity index is 1.10.